The highest BCUT2D eigenvalue weighted by Gasteiger charge is 2.57. The van der Waals surface area contributed by atoms with Crippen molar-refractivity contribution in [1.29, 1.82) is 0 Å². The first-order valence-corrected chi connectivity index (χ1v) is 11.8. The lowest BCUT2D eigenvalue weighted by Gasteiger charge is -2.17. The SMILES string of the molecule is Cc1cc(C)c(C(=O)Nc2ccc(C[C@H](NC(=O)C3CC3(CCl)CCl)C(=O)O)cc2)c(C)c1. The molecule has 1 unspecified atom stereocenters. The van der Waals surface area contributed by atoms with Crippen LogP contribution in [0.15, 0.2) is 36.4 Å². The molecule has 1 aliphatic rings. The number of aryl methyl sites for hydroxylation is 3. The van der Waals surface area contributed by atoms with Gasteiger partial charge >= 0.3 is 5.97 Å². The second-order valence-corrected chi connectivity index (χ2v) is 9.45. The lowest BCUT2D eigenvalue weighted by Crippen LogP contribution is -2.43. The number of carboxylic acids is 1. The maximum atomic E-state index is 12.8. The van der Waals surface area contributed by atoms with E-state index in [0.29, 0.717) is 17.7 Å². The quantitative estimate of drug-likeness (QED) is 0.452. The minimum absolute atomic E-state index is 0.118. The molecule has 0 saturated heterocycles. The highest BCUT2D eigenvalue weighted by atomic mass is 35.5. The molecule has 176 valence electrons. The fraction of sp³-hybridized carbons (Fsp3) is 0.400. The first-order valence-electron chi connectivity index (χ1n) is 10.7. The summed E-state index contributed by atoms with van der Waals surface area (Å²) in [4.78, 5) is 37.0. The molecule has 2 aromatic carbocycles. The van der Waals surface area contributed by atoms with Crippen molar-refractivity contribution in [1.82, 2.24) is 5.32 Å². The van der Waals surface area contributed by atoms with Gasteiger partial charge in [-0.25, -0.2) is 4.79 Å². The third-order valence-corrected chi connectivity index (χ3v) is 7.27. The van der Waals surface area contributed by atoms with Crippen molar-refractivity contribution in [2.24, 2.45) is 11.3 Å². The fourth-order valence-electron chi connectivity index (χ4n) is 4.21. The van der Waals surface area contributed by atoms with Crippen LogP contribution in [0.2, 0.25) is 0 Å². The van der Waals surface area contributed by atoms with Gasteiger partial charge in [0.15, 0.2) is 0 Å². The number of aliphatic carboxylic acids is 1. The third kappa shape index (κ3) is 5.68. The van der Waals surface area contributed by atoms with E-state index in [9.17, 15) is 19.5 Å². The molecule has 2 aromatic rings. The van der Waals surface area contributed by atoms with Gasteiger partial charge in [0, 0.05) is 40.8 Å². The fourth-order valence-corrected chi connectivity index (χ4v) is 5.09. The third-order valence-electron chi connectivity index (χ3n) is 6.21. The van der Waals surface area contributed by atoms with Crippen molar-refractivity contribution in [3.8, 4) is 0 Å². The summed E-state index contributed by atoms with van der Waals surface area (Å²) in [5.74, 6) is -1.48. The van der Waals surface area contributed by atoms with E-state index in [4.69, 9.17) is 23.2 Å². The highest BCUT2D eigenvalue weighted by Crippen LogP contribution is 2.54. The summed E-state index contributed by atoms with van der Waals surface area (Å²) >= 11 is 11.9. The predicted molar refractivity (Wildman–Crippen MR) is 130 cm³/mol. The number of alkyl halides is 2. The van der Waals surface area contributed by atoms with Crippen LogP contribution in [-0.2, 0) is 16.0 Å². The number of carboxylic acid groups (broad SMARTS) is 1. The largest absolute Gasteiger partial charge is 0.480 e. The van der Waals surface area contributed by atoms with E-state index in [2.05, 4.69) is 10.6 Å². The molecule has 0 radical (unpaired) electrons. The summed E-state index contributed by atoms with van der Waals surface area (Å²) in [6, 6.07) is 9.80. The van der Waals surface area contributed by atoms with Crippen LogP contribution in [0.25, 0.3) is 0 Å². The van der Waals surface area contributed by atoms with Crippen LogP contribution in [-0.4, -0.2) is 40.7 Å². The molecule has 0 aromatic heterocycles. The molecular weight excluding hydrogens is 463 g/mol. The van der Waals surface area contributed by atoms with E-state index in [1.54, 1.807) is 24.3 Å². The standard InChI is InChI=1S/C25H28Cl2N2O4/c1-14-8-15(2)21(16(3)9-14)23(31)28-18-6-4-17(5-7-18)10-20(24(32)33)29-22(30)19-11-25(19,12-26)13-27/h4-9,19-20H,10-13H2,1-3H3,(H,28,31)(H,29,30)(H,32,33)/t19?,20-/m0/s1. The number of halogens is 2. The summed E-state index contributed by atoms with van der Waals surface area (Å²) in [6.45, 7) is 5.80. The molecule has 2 atom stereocenters. The first-order chi connectivity index (χ1) is 15.6. The van der Waals surface area contributed by atoms with Crippen molar-refractivity contribution in [3.63, 3.8) is 0 Å². The molecule has 3 N–H and O–H groups in total. The zero-order valence-corrected chi connectivity index (χ0v) is 20.4. The Bertz CT molecular complexity index is 1040. The van der Waals surface area contributed by atoms with Gasteiger partial charge < -0.3 is 15.7 Å². The molecule has 0 aliphatic heterocycles. The van der Waals surface area contributed by atoms with Crippen LogP contribution in [0.3, 0.4) is 0 Å². The Hall–Kier alpha value is -2.57. The van der Waals surface area contributed by atoms with Gasteiger partial charge in [-0.1, -0.05) is 29.8 Å². The van der Waals surface area contributed by atoms with Gasteiger partial charge in [0.2, 0.25) is 5.91 Å². The molecule has 0 bridgehead atoms. The van der Waals surface area contributed by atoms with Crippen LogP contribution in [0.5, 0.6) is 0 Å². The van der Waals surface area contributed by atoms with Crippen LogP contribution >= 0.6 is 23.2 Å². The zero-order chi connectivity index (χ0) is 24.3. The maximum absolute atomic E-state index is 12.8. The zero-order valence-electron chi connectivity index (χ0n) is 18.9. The second-order valence-electron chi connectivity index (χ2n) is 8.91. The number of hydrogen-bond acceptors (Lipinski definition) is 3. The van der Waals surface area contributed by atoms with E-state index < -0.39 is 17.4 Å². The second kappa shape index (κ2) is 10.1. The highest BCUT2D eigenvalue weighted by molar-refractivity contribution is 6.22. The van der Waals surface area contributed by atoms with Crippen molar-refractivity contribution in [2.45, 2.75) is 39.7 Å². The van der Waals surface area contributed by atoms with Gasteiger partial charge in [-0.3, -0.25) is 9.59 Å². The van der Waals surface area contributed by atoms with Gasteiger partial charge in [0.1, 0.15) is 6.04 Å². The molecule has 33 heavy (non-hydrogen) atoms. The monoisotopic (exact) mass is 490 g/mol. The average molecular weight is 491 g/mol. The Balaban J connectivity index is 1.63. The van der Waals surface area contributed by atoms with Crippen LogP contribution in [0, 0.1) is 32.1 Å². The summed E-state index contributed by atoms with van der Waals surface area (Å²) in [5.41, 5.74) is 4.44. The predicted octanol–water partition coefficient (Wildman–Crippen LogP) is 4.46. The lowest BCUT2D eigenvalue weighted by atomic mass is 9.99. The summed E-state index contributed by atoms with van der Waals surface area (Å²) < 4.78 is 0. The van der Waals surface area contributed by atoms with Gasteiger partial charge in [0.25, 0.3) is 5.91 Å². The van der Waals surface area contributed by atoms with Crippen LogP contribution < -0.4 is 10.6 Å². The van der Waals surface area contributed by atoms with Crippen molar-refractivity contribution < 1.29 is 19.5 Å². The number of carbonyl (C=O) groups excluding carboxylic acids is 2. The van der Waals surface area contributed by atoms with E-state index in [1.165, 1.54) is 0 Å². The first kappa shape index (κ1) is 25.1. The normalized spacial score (nSPS) is 17.2. The van der Waals surface area contributed by atoms with Crippen molar-refractivity contribution in [2.75, 3.05) is 17.1 Å². The number of amides is 2. The molecule has 6 nitrogen and oxygen atoms in total. The summed E-state index contributed by atoms with van der Waals surface area (Å²) in [6.07, 6.45) is 0.680. The van der Waals surface area contributed by atoms with Crippen molar-refractivity contribution >= 4 is 46.7 Å². The maximum Gasteiger partial charge on any atom is 0.326 e. The summed E-state index contributed by atoms with van der Waals surface area (Å²) in [5, 5.41) is 15.1. The van der Waals surface area contributed by atoms with Gasteiger partial charge in [0.05, 0.1) is 0 Å². The Morgan fingerprint density at radius 3 is 2.12 bits per heavy atom. The minimum Gasteiger partial charge on any atom is -0.480 e. The van der Waals surface area contributed by atoms with E-state index in [1.807, 2.05) is 32.9 Å². The topological polar surface area (TPSA) is 95.5 Å². The average Bonchev–Trinajstić information content (AvgIpc) is 3.49. The molecule has 1 saturated carbocycles. The molecule has 1 aliphatic carbocycles. The number of carbonyl (C=O) groups is 3. The molecule has 0 heterocycles. The summed E-state index contributed by atoms with van der Waals surface area (Å²) in [7, 11) is 0. The molecule has 8 heteroatoms. The minimum atomic E-state index is -1.12. The molecule has 3 rings (SSSR count). The van der Waals surface area contributed by atoms with Crippen LogP contribution in [0.1, 0.15) is 39.0 Å². The van der Waals surface area contributed by atoms with Gasteiger partial charge in [-0.05, 0) is 56.0 Å². The van der Waals surface area contributed by atoms with Gasteiger partial charge in [-0.15, -0.1) is 23.2 Å². The Labute approximate surface area is 203 Å². The molecule has 0 spiro atoms. The van der Waals surface area contributed by atoms with E-state index in [0.717, 1.165) is 22.3 Å². The number of rotatable bonds is 9. The van der Waals surface area contributed by atoms with E-state index >= 15 is 0 Å². The Morgan fingerprint density at radius 1 is 1.06 bits per heavy atom. The molecule has 2 amide bonds. The van der Waals surface area contributed by atoms with Crippen LogP contribution in [0.4, 0.5) is 5.69 Å². The smallest absolute Gasteiger partial charge is 0.326 e. The Kier molecular flexibility index (Phi) is 7.70. The Morgan fingerprint density at radius 2 is 1.64 bits per heavy atom. The number of hydrogen-bond donors (Lipinski definition) is 3. The number of anilines is 1. The number of benzene rings is 2. The molecular formula is C25H28Cl2N2O4. The molecule has 1 fully saturated rings. The number of nitrogens with one attached hydrogen (secondary N) is 2. The van der Waals surface area contributed by atoms with E-state index in [-0.39, 0.29) is 35.9 Å². The van der Waals surface area contributed by atoms with Gasteiger partial charge in [-0.2, -0.15) is 0 Å². The van der Waals surface area contributed by atoms with Crippen molar-refractivity contribution in [3.05, 3.63) is 64.2 Å². The lowest BCUT2D eigenvalue weighted by molar-refractivity contribution is -0.142.